The summed E-state index contributed by atoms with van der Waals surface area (Å²) in [7, 11) is 0. The van der Waals surface area contributed by atoms with Crippen LogP contribution in [0.5, 0.6) is 0 Å². The van der Waals surface area contributed by atoms with E-state index in [2.05, 4.69) is 10.4 Å². The Bertz CT molecular complexity index is 1160. The van der Waals surface area contributed by atoms with Crippen LogP contribution in [0.2, 0.25) is 10.0 Å². The number of carbonyl (C=O) groups excluding carboxylic acids is 2. The molecule has 0 fully saturated rings. The lowest BCUT2D eigenvalue weighted by molar-refractivity contribution is 0.102. The Labute approximate surface area is 181 Å². The zero-order valence-corrected chi connectivity index (χ0v) is 17.0. The first-order valence-electron chi connectivity index (χ1n) is 9.00. The Morgan fingerprint density at radius 3 is 2.60 bits per heavy atom. The Balaban J connectivity index is 1.79. The molecule has 0 bridgehead atoms. The van der Waals surface area contributed by atoms with Gasteiger partial charge in [-0.3, -0.25) is 9.48 Å². The summed E-state index contributed by atoms with van der Waals surface area (Å²) in [6.45, 7) is 0.836. The van der Waals surface area contributed by atoms with E-state index >= 15 is 0 Å². The first-order valence-corrected chi connectivity index (χ1v) is 9.75. The van der Waals surface area contributed by atoms with Gasteiger partial charge in [-0.1, -0.05) is 35.3 Å². The quantitative estimate of drug-likeness (QED) is 0.631. The van der Waals surface area contributed by atoms with Gasteiger partial charge in [0.1, 0.15) is 11.5 Å². The van der Waals surface area contributed by atoms with Crippen LogP contribution in [0, 0.1) is 5.82 Å². The first-order chi connectivity index (χ1) is 14.3. The Morgan fingerprint density at radius 2 is 1.90 bits per heavy atom. The van der Waals surface area contributed by atoms with Gasteiger partial charge in [-0.25, -0.2) is 9.18 Å². The summed E-state index contributed by atoms with van der Waals surface area (Å²) in [4.78, 5) is 26.3. The van der Waals surface area contributed by atoms with Crippen LogP contribution in [-0.2, 0) is 13.1 Å². The van der Waals surface area contributed by atoms with Crippen molar-refractivity contribution in [2.24, 2.45) is 5.73 Å². The Kier molecular flexibility index (Phi) is 5.36. The summed E-state index contributed by atoms with van der Waals surface area (Å²) in [5.74, 6) is -0.923. The van der Waals surface area contributed by atoms with Crippen molar-refractivity contribution < 1.29 is 14.0 Å². The number of nitrogens with two attached hydrogens (primary N) is 1. The zero-order valence-electron chi connectivity index (χ0n) is 15.5. The second-order valence-corrected chi connectivity index (χ2v) is 7.56. The molecule has 1 aromatic heterocycles. The van der Waals surface area contributed by atoms with Crippen LogP contribution in [0.1, 0.15) is 16.1 Å². The van der Waals surface area contributed by atoms with E-state index in [0.717, 1.165) is 0 Å². The summed E-state index contributed by atoms with van der Waals surface area (Å²) in [6.07, 6.45) is 0. The van der Waals surface area contributed by atoms with Gasteiger partial charge in [0.2, 0.25) is 0 Å². The number of hydrogen-bond acceptors (Lipinski definition) is 3. The molecule has 10 heteroatoms. The zero-order chi connectivity index (χ0) is 21.4. The molecule has 3 N–H and O–H groups in total. The minimum absolute atomic E-state index is 0.113. The molecule has 154 valence electrons. The van der Waals surface area contributed by atoms with Crippen molar-refractivity contribution >= 4 is 40.8 Å². The fourth-order valence-corrected chi connectivity index (χ4v) is 3.65. The van der Waals surface area contributed by atoms with Gasteiger partial charge in [0.15, 0.2) is 0 Å². The van der Waals surface area contributed by atoms with Crippen molar-refractivity contribution in [3.8, 4) is 11.3 Å². The van der Waals surface area contributed by atoms with Gasteiger partial charge in [-0.05, 0) is 30.3 Å². The fourth-order valence-electron chi connectivity index (χ4n) is 3.35. The number of fused-ring (bicyclic) bond motifs is 1. The molecule has 4 rings (SSSR count). The van der Waals surface area contributed by atoms with Gasteiger partial charge >= 0.3 is 6.03 Å². The molecular weight excluding hydrogens is 432 g/mol. The van der Waals surface area contributed by atoms with Gasteiger partial charge in [0, 0.05) is 17.8 Å². The molecule has 3 aromatic rings. The molecule has 3 amide bonds. The highest BCUT2D eigenvalue weighted by molar-refractivity contribution is 6.42. The van der Waals surface area contributed by atoms with Crippen molar-refractivity contribution in [2.45, 2.75) is 13.1 Å². The van der Waals surface area contributed by atoms with Crippen LogP contribution in [0.4, 0.5) is 14.9 Å². The standard InChI is InChI=1S/C20H16Cl2FN5O2/c21-14-5-4-13(9-15(14)22)25-19(29)17-16-10-27(20(24)30)6-7-28(16)26-18(17)11-2-1-3-12(23)8-11/h1-5,8-9H,6-7,10H2,(H2,24,30)(H,25,29). The van der Waals surface area contributed by atoms with E-state index in [1.54, 1.807) is 28.9 Å². The molecule has 0 unspecified atom stereocenters. The molecule has 0 radical (unpaired) electrons. The first kappa shape index (κ1) is 20.2. The topological polar surface area (TPSA) is 93.2 Å². The molecule has 1 aliphatic rings. The number of nitrogens with one attached hydrogen (secondary N) is 1. The maximum absolute atomic E-state index is 13.8. The van der Waals surface area contributed by atoms with Crippen molar-refractivity contribution in [3.63, 3.8) is 0 Å². The number of nitrogens with zero attached hydrogens (tertiary/aromatic N) is 3. The summed E-state index contributed by atoms with van der Waals surface area (Å²) in [5.41, 5.74) is 7.36. The highest BCUT2D eigenvalue weighted by Gasteiger charge is 2.30. The third kappa shape index (κ3) is 3.83. The summed E-state index contributed by atoms with van der Waals surface area (Å²) < 4.78 is 15.5. The molecule has 0 atom stereocenters. The third-order valence-corrected chi connectivity index (χ3v) is 5.53. The van der Waals surface area contributed by atoms with E-state index in [1.807, 2.05) is 0 Å². The maximum atomic E-state index is 13.8. The monoisotopic (exact) mass is 447 g/mol. The van der Waals surface area contributed by atoms with Gasteiger partial charge < -0.3 is 16.0 Å². The molecular formula is C20H16Cl2FN5O2. The van der Waals surface area contributed by atoms with E-state index in [0.29, 0.717) is 40.8 Å². The predicted octanol–water partition coefficient (Wildman–Crippen LogP) is 4.14. The lowest BCUT2D eigenvalue weighted by Gasteiger charge is -2.26. The summed E-state index contributed by atoms with van der Waals surface area (Å²) in [6, 6.07) is 9.92. The van der Waals surface area contributed by atoms with Gasteiger partial charge in [-0.2, -0.15) is 5.10 Å². The lowest BCUT2D eigenvalue weighted by Crippen LogP contribution is -2.42. The molecule has 0 saturated heterocycles. The van der Waals surface area contributed by atoms with Crippen molar-refractivity contribution in [1.29, 1.82) is 0 Å². The molecule has 30 heavy (non-hydrogen) atoms. The lowest BCUT2D eigenvalue weighted by atomic mass is 10.0. The molecule has 2 heterocycles. The number of anilines is 1. The average Bonchev–Trinajstić information content (AvgIpc) is 3.09. The van der Waals surface area contributed by atoms with Crippen LogP contribution >= 0.6 is 23.2 Å². The largest absolute Gasteiger partial charge is 0.351 e. The average molecular weight is 448 g/mol. The molecule has 0 saturated carbocycles. The van der Waals surface area contributed by atoms with Crippen LogP contribution in [-0.4, -0.2) is 33.2 Å². The van der Waals surface area contributed by atoms with Crippen LogP contribution in [0.25, 0.3) is 11.3 Å². The molecule has 2 aromatic carbocycles. The number of halogens is 3. The van der Waals surface area contributed by atoms with Crippen LogP contribution in [0.3, 0.4) is 0 Å². The third-order valence-electron chi connectivity index (χ3n) is 4.79. The Morgan fingerprint density at radius 1 is 1.10 bits per heavy atom. The minimum Gasteiger partial charge on any atom is -0.351 e. The number of aromatic nitrogens is 2. The molecule has 1 aliphatic heterocycles. The molecule has 0 spiro atoms. The number of benzene rings is 2. The van der Waals surface area contributed by atoms with Crippen LogP contribution < -0.4 is 11.1 Å². The molecule has 0 aliphatic carbocycles. The van der Waals surface area contributed by atoms with Gasteiger partial charge in [0.05, 0.1) is 34.4 Å². The smallest absolute Gasteiger partial charge is 0.315 e. The van der Waals surface area contributed by atoms with Gasteiger partial charge in [-0.15, -0.1) is 0 Å². The predicted molar refractivity (Wildman–Crippen MR) is 112 cm³/mol. The van der Waals surface area contributed by atoms with Crippen LogP contribution in [0.15, 0.2) is 42.5 Å². The highest BCUT2D eigenvalue weighted by atomic mass is 35.5. The number of carbonyl (C=O) groups is 2. The SMILES string of the molecule is NC(=O)N1CCn2nc(-c3cccc(F)c3)c(C(=O)Nc3ccc(Cl)c(Cl)c3)c2C1. The maximum Gasteiger partial charge on any atom is 0.315 e. The normalized spacial score (nSPS) is 13.1. The molecule has 7 nitrogen and oxygen atoms in total. The Hall–Kier alpha value is -3.10. The summed E-state index contributed by atoms with van der Waals surface area (Å²) >= 11 is 12.0. The minimum atomic E-state index is -0.592. The van der Waals surface area contributed by atoms with Crippen molar-refractivity contribution in [2.75, 3.05) is 11.9 Å². The van der Waals surface area contributed by atoms with Gasteiger partial charge in [0.25, 0.3) is 5.91 Å². The second kappa shape index (κ2) is 7.97. The van der Waals surface area contributed by atoms with E-state index < -0.39 is 17.8 Å². The van der Waals surface area contributed by atoms with E-state index in [-0.39, 0.29) is 17.1 Å². The number of hydrogen-bond donors (Lipinski definition) is 2. The number of urea groups is 1. The second-order valence-electron chi connectivity index (χ2n) is 6.75. The van der Waals surface area contributed by atoms with E-state index in [4.69, 9.17) is 28.9 Å². The van der Waals surface area contributed by atoms with Crippen molar-refractivity contribution in [3.05, 3.63) is 69.6 Å². The summed E-state index contributed by atoms with van der Waals surface area (Å²) in [5, 5.41) is 7.93. The fraction of sp³-hybridized carbons (Fsp3) is 0.150. The highest BCUT2D eigenvalue weighted by Crippen LogP contribution is 2.31. The van der Waals surface area contributed by atoms with E-state index in [9.17, 15) is 14.0 Å². The number of primary amides is 1. The van der Waals surface area contributed by atoms with Crippen molar-refractivity contribution in [1.82, 2.24) is 14.7 Å². The number of rotatable bonds is 3. The van der Waals surface area contributed by atoms with E-state index in [1.165, 1.54) is 23.1 Å². The number of amides is 3.